The van der Waals surface area contributed by atoms with E-state index < -0.39 is 0 Å². The van der Waals surface area contributed by atoms with Gasteiger partial charge in [-0.2, -0.15) is 0 Å². The van der Waals surface area contributed by atoms with Gasteiger partial charge in [0.2, 0.25) is 0 Å². The monoisotopic (exact) mass is 237 g/mol. The zero-order valence-corrected chi connectivity index (χ0v) is 12.3. The number of rotatable bonds is 9. The van der Waals surface area contributed by atoms with Gasteiger partial charge in [0, 0.05) is 5.54 Å². The third kappa shape index (κ3) is 13.4. The van der Waals surface area contributed by atoms with Gasteiger partial charge >= 0.3 is 0 Å². The van der Waals surface area contributed by atoms with E-state index in [1.807, 2.05) is 6.08 Å². The van der Waals surface area contributed by atoms with Gasteiger partial charge in [0.15, 0.2) is 0 Å². The lowest BCUT2D eigenvalue weighted by atomic mass is 10.1. The van der Waals surface area contributed by atoms with E-state index >= 15 is 0 Å². The Morgan fingerprint density at radius 2 is 1.82 bits per heavy atom. The topological polar surface area (TPSA) is 12.0 Å². The van der Waals surface area contributed by atoms with Crippen molar-refractivity contribution in [1.29, 1.82) is 0 Å². The molecule has 0 aliphatic carbocycles. The minimum absolute atomic E-state index is 0.242. The van der Waals surface area contributed by atoms with Gasteiger partial charge < -0.3 is 5.32 Å². The molecule has 0 atom stereocenters. The van der Waals surface area contributed by atoms with Crippen LogP contribution in [0.5, 0.6) is 0 Å². The molecule has 0 bridgehead atoms. The Hall–Kier alpha value is -0.560. The summed E-state index contributed by atoms with van der Waals surface area (Å²) >= 11 is 0. The van der Waals surface area contributed by atoms with Crippen LogP contribution in [0.1, 0.15) is 66.2 Å². The number of hydrogen-bond acceptors (Lipinski definition) is 1. The quantitative estimate of drug-likeness (QED) is 0.446. The van der Waals surface area contributed by atoms with E-state index in [1.54, 1.807) is 5.57 Å². The van der Waals surface area contributed by atoms with Crippen molar-refractivity contribution >= 4 is 0 Å². The van der Waals surface area contributed by atoms with Gasteiger partial charge in [-0.05, 0) is 66.3 Å². The molecule has 0 radical (unpaired) electrons. The van der Waals surface area contributed by atoms with Crippen molar-refractivity contribution in [2.45, 2.75) is 71.8 Å². The molecule has 1 nitrogen and oxygen atoms in total. The lowest BCUT2D eigenvalue weighted by Crippen LogP contribution is -2.36. The standard InChI is InChI=1S/C16H31N/c1-6-7-8-9-10-12-15(2)13-11-14-17-16(3,4)5/h6,13,17H,1,7-12,14H2,2-5H3/b15-13-. The first-order valence-corrected chi connectivity index (χ1v) is 6.97. The summed E-state index contributed by atoms with van der Waals surface area (Å²) in [6.45, 7) is 13.7. The van der Waals surface area contributed by atoms with Gasteiger partial charge in [0.25, 0.3) is 0 Å². The van der Waals surface area contributed by atoms with Gasteiger partial charge in [-0.25, -0.2) is 0 Å². The van der Waals surface area contributed by atoms with E-state index in [-0.39, 0.29) is 5.54 Å². The molecule has 0 spiro atoms. The molecule has 0 aromatic rings. The zero-order valence-electron chi connectivity index (χ0n) is 12.3. The van der Waals surface area contributed by atoms with E-state index in [9.17, 15) is 0 Å². The fourth-order valence-corrected chi connectivity index (χ4v) is 1.74. The Morgan fingerprint density at radius 1 is 1.12 bits per heavy atom. The van der Waals surface area contributed by atoms with Crippen molar-refractivity contribution in [2.24, 2.45) is 0 Å². The van der Waals surface area contributed by atoms with Crippen LogP contribution in [0.2, 0.25) is 0 Å². The average Bonchev–Trinajstić information content (AvgIpc) is 2.23. The highest BCUT2D eigenvalue weighted by Gasteiger charge is 2.06. The SMILES string of the molecule is C=CCCCCC/C(C)=C\CCNC(C)(C)C. The maximum Gasteiger partial charge on any atom is 0.00966 e. The number of unbranched alkanes of at least 4 members (excludes halogenated alkanes) is 3. The summed E-state index contributed by atoms with van der Waals surface area (Å²) in [7, 11) is 0. The molecule has 0 unspecified atom stereocenters. The smallest absolute Gasteiger partial charge is 0.00966 e. The Labute approximate surface area is 108 Å². The first-order chi connectivity index (χ1) is 7.95. The molecule has 1 heteroatoms. The summed E-state index contributed by atoms with van der Waals surface area (Å²) in [6, 6.07) is 0. The first-order valence-electron chi connectivity index (χ1n) is 6.97. The Kier molecular flexibility index (Phi) is 9.16. The van der Waals surface area contributed by atoms with Crippen molar-refractivity contribution in [3.05, 3.63) is 24.3 Å². The molecule has 0 aliphatic heterocycles. The summed E-state index contributed by atoms with van der Waals surface area (Å²) in [5.74, 6) is 0. The second-order valence-corrected chi connectivity index (χ2v) is 5.90. The largest absolute Gasteiger partial charge is 0.312 e. The first kappa shape index (κ1) is 16.4. The maximum atomic E-state index is 3.74. The molecule has 0 saturated heterocycles. The maximum absolute atomic E-state index is 3.74. The summed E-state index contributed by atoms with van der Waals surface area (Å²) in [6.07, 6.45) is 11.9. The minimum atomic E-state index is 0.242. The van der Waals surface area contributed by atoms with E-state index in [4.69, 9.17) is 0 Å². The van der Waals surface area contributed by atoms with Crippen LogP contribution >= 0.6 is 0 Å². The summed E-state index contributed by atoms with van der Waals surface area (Å²) in [4.78, 5) is 0. The van der Waals surface area contributed by atoms with Crippen molar-refractivity contribution in [3.63, 3.8) is 0 Å². The van der Waals surface area contributed by atoms with Crippen LogP contribution in [0, 0.1) is 0 Å². The van der Waals surface area contributed by atoms with Gasteiger partial charge in [-0.15, -0.1) is 6.58 Å². The average molecular weight is 237 g/mol. The van der Waals surface area contributed by atoms with E-state index in [1.165, 1.54) is 25.7 Å². The lowest BCUT2D eigenvalue weighted by Gasteiger charge is -2.19. The van der Waals surface area contributed by atoms with Crippen LogP contribution in [0.15, 0.2) is 24.3 Å². The molecule has 0 fully saturated rings. The van der Waals surface area contributed by atoms with Crippen LogP contribution in [0.3, 0.4) is 0 Å². The van der Waals surface area contributed by atoms with Crippen molar-refractivity contribution in [2.75, 3.05) is 6.54 Å². The van der Waals surface area contributed by atoms with Crippen molar-refractivity contribution in [3.8, 4) is 0 Å². The highest BCUT2D eigenvalue weighted by molar-refractivity contribution is 4.98. The van der Waals surface area contributed by atoms with E-state index in [2.05, 4.69) is 45.7 Å². The number of allylic oxidation sites excluding steroid dienone is 2. The predicted molar refractivity (Wildman–Crippen MR) is 79.4 cm³/mol. The zero-order chi connectivity index (χ0) is 13.1. The highest BCUT2D eigenvalue weighted by Crippen LogP contribution is 2.10. The molecule has 0 rings (SSSR count). The van der Waals surface area contributed by atoms with Crippen LogP contribution < -0.4 is 5.32 Å². The lowest BCUT2D eigenvalue weighted by molar-refractivity contribution is 0.431. The fraction of sp³-hybridized carbons (Fsp3) is 0.750. The molecule has 0 heterocycles. The number of hydrogen-bond donors (Lipinski definition) is 1. The molecular weight excluding hydrogens is 206 g/mol. The van der Waals surface area contributed by atoms with Crippen LogP contribution in [0.25, 0.3) is 0 Å². The van der Waals surface area contributed by atoms with Crippen molar-refractivity contribution in [1.82, 2.24) is 5.32 Å². The van der Waals surface area contributed by atoms with Gasteiger partial charge in [0.1, 0.15) is 0 Å². The van der Waals surface area contributed by atoms with Crippen LogP contribution in [0.4, 0.5) is 0 Å². The Bertz CT molecular complexity index is 220. The molecule has 0 amide bonds. The summed E-state index contributed by atoms with van der Waals surface area (Å²) in [5, 5.41) is 3.51. The molecule has 0 aromatic carbocycles. The highest BCUT2D eigenvalue weighted by atomic mass is 14.9. The predicted octanol–water partition coefficient (Wildman–Crippen LogP) is 4.85. The van der Waals surface area contributed by atoms with E-state index in [0.29, 0.717) is 0 Å². The third-order valence-corrected chi connectivity index (χ3v) is 2.77. The molecule has 0 aliphatic rings. The number of nitrogens with one attached hydrogen (secondary N) is 1. The molecule has 17 heavy (non-hydrogen) atoms. The molecular formula is C16H31N. The summed E-state index contributed by atoms with van der Waals surface area (Å²) in [5.41, 5.74) is 1.78. The molecule has 1 N–H and O–H groups in total. The second kappa shape index (κ2) is 9.47. The molecule has 0 aromatic heterocycles. The van der Waals surface area contributed by atoms with Gasteiger partial charge in [-0.1, -0.05) is 24.1 Å². The van der Waals surface area contributed by atoms with Crippen molar-refractivity contribution < 1.29 is 0 Å². The normalized spacial score (nSPS) is 12.8. The fourth-order valence-electron chi connectivity index (χ4n) is 1.74. The summed E-state index contributed by atoms with van der Waals surface area (Å²) < 4.78 is 0. The molecule has 100 valence electrons. The van der Waals surface area contributed by atoms with Crippen LogP contribution in [-0.4, -0.2) is 12.1 Å². The third-order valence-electron chi connectivity index (χ3n) is 2.77. The Balaban J connectivity index is 3.48. The Morgan fingerprint density at radius 3 is 2.41 bits per heavy atom. The van der Waals surface area contributed by atoms with E-state index in [0.717, 1.165) is 19.4 Å². The second-order valence-electron chi connectivity index (χ2n) is 5.90. The van der Waals surface area contributed by atoms with Crippen LogP contribution in [-0.2, 0) is 0 Å². The van der Waals surface area contributed by atoms with Gasteiger partial charge in [-0.3, -0.25) is 0 Å². The molecule has 0 saturated carbocycles. The van der Waals surface area contributed by atoms with Gasteiger partial charge in [0.05, 0.1) is 0 Å². The minimum Gasteiger partial charge on any atom is -0.312 e.